The van der Waals surface area contributed by atoms with Crippen LogP contribution in [0.4, 0.5) is 5.13 Å². The van der Waals surface area contributed by atoms with Gasteiger partial charge in [-0.15, -0.1) is 11.3 Å². The largest absolute Gasteiger partial charge is 0.352 e. The Morgan fingerprint density at radius 2 is 1.74 bits per heavy atom. The highest BCUT2D eigenvalue weighted by Gasteiger charge is 2.19. The molecule has 0 bridgehead atoms. The van der Waals surface area contributed by atoms with Gasteiger partial charge in [-0.1, -0.05) is 30.3 Å². The van der Waals surface area contributed by atoms with E-state index in [9.17, 15) is 22.8 Å². The molecule has 0 aliphatic heterocycles. The maximum atomic E-state index is 12.4. The van der Waals surface area contributed by atoms with Crippen LogP contribution >= 0.6 is 11.3 Å². The first-order chi connectivity index (χ1) is 16.6. The average Bonchev–Trinajstić information content (AvgIpc) is 3.29. The van der Waals surface area contributed by atoms with E-state index in [-0.39, 0.29) is 22.9 Å². The summed E-state index contributed by atoms with van der Waals surface area (Å²) in [4.78, 5) is 40.1. The zero-order valence-corrected chi connectivity index (χ0v) is 21.0. The lowest BCUT2D eigenvalue weighted by Gasteiger charge is -2.12. The van der Waals surface area contributed by atoms with Crippen molar-refractivity contribution in [2.45, 2.75) is 18.4 Å². The fourth-order valence-corrected chi connectivity index (χ4v) is 4.60. The third kappa shape index (κ3) is 6.94. The summed E-state index contributed by atoms with van der Waals surface area (Å²) in [5, 5.41) is 10.0. The molecule has 3 amide bonds. The van der Waals surface area contributed by atoms with E-state index in [1.54, 1.807) is 5.38 Å². The standard InChI is InChI=1S/C23H25N5O5S2/c1-15(29)24-12-16-7-9-17(10-8-16)20-14-34-23(26-20)27-21(30)13-25-22(31)18-5-4-6-19(11-18)35(32,33)28(2)3/h4-11,14H,12-13H2,1-3H3,(H,24,29)(H,25,31)(H,26,27,30). The first-order valence-electron chi connectivity index (χ1n) is 10.5. The van der Waals surface area contributed by atoms with Crippen LogP contribution < -0.4 is 16.0 Å². The minimum Gasteiger partial charge on any atom is -0.352 e. The molecule has 0 unspecified atom stereocenters. The molecule has 2 aromatic carbocycles. The summed E-state index contributed by atoms with van der Waals surface area (Å²) in [5.74, 6) is -1.15. The molecule has 12 heteroatoms. The third-order valence-corrected chi connectivity index (χ3v) is 7.39. The summed E-state index contributed by atoms with van der Waals surface area (Å²) >= 11 is 1.24. The van der Waals surface area contributed by atoms with Crippen molar-refractivity contribution in [3.05, 3.63) is 65.0 Å². The minimum absolute atomic E-state index is 0.0157. The highest BCUT2D eigenvalue weighted by atomic mass is 32.2. The molecule has 1 aromatic heterocycles. The van der Waals surface area contributed by atoms with Crippen molar-refractivity contribution in [3.63, 3.8) is 0 Å². The van der Waals surface area contributed by atoms with Crippen LogP contribution in [0.15, 0.2) is 58.8 Å². The number of hydrogen-bond donors (Lipinski definition) is 3. The van der Waals surface area contributed by atoms with Gasteiger partial charge in [-0.25, -0.2) is 17.7 Å². The van der Waals surface area contributed by atoms with E-state index >= 15 is 0 Å². The van der Waals surface area contributed by atoms with Crippen LogP contribution in [0.1, 0.15) is 22.8 Å². The van der Waals surface area contributed by atoms with Gasteiger partial charge in [-0.3, -0.25) is 14.4 Å². The van der Waals surface area contributed by atoms with E-state index in [1.807, 2.05) is 24.3 Å². The molecule has 0 fully saturated rings. The zero-order valence-electron chi connectivity index (χ0n) is 19.4. The van der Waals surface area contributed by atoms with Gasteiger partial charge >= 0.3 is 0 Å². The number of nitrogens with one attached hydrogen (secondary N) is 3. The van der Waals surface area contributed by atoms with Crippen LogP contribution in [-0.2, 0) is 26.2 Å². The van der Waals surface area contributed by atoms with Gasteiger partial charge in [0.1, 0.15) is 0 Å². The molecule has 0 radical (unpaired) electrons. The van der Waals surface area contributed by atoms with Gasteiger partial charge in [0.15, 0.2) is 5.13 Å². The summed E-state index contributed by atoms with van der Waals surface area (Å²) in [6.07, 6.45) is 0. The molecule has 0 spiro atoms. The van der Waals surface area contributed by atoms with Crippen LogP contribution in [0.3, 0.4) is 0 Å². The monoisotopic (exact) mass is 515 g/mol. The van der Waals surface area contributed by atoms with E-state index in [2.05, 4.69) is 20.9 Å². The fraction of sp³-hybridized carbons (Fsp3) is 0.217. The van der Waals surface area contributed by atoms with E-state index < -0.39 is 21.8 Å². The van der Waals surface area contributed by atoms with Crippen molar-refractivity contribution in [2.75, 3.05) is 26.0 Å². The number of carbonyl (C=O) groups excluding carboxylic acids is 3. The Hall–Kier alpha value is -3.61. The topological polar surface area (TPSA) is 138 Å². The second kappa shape index (κ2) is 11.2. The van der Waals surface area contributed by atoms with Crippen LogP contribution in [0, 0.1) is 0 Å². The molecular formula is C23H25N5O5S2. The zero-order chi connectivity index (χ0) is 25.6. The maximum Gasteiger partial charge on any atom is 0.251 e. The molecular weight excluding hydrogens is 490 g/mol. The summed E-state index contributed by atoms with van der Waals surface area (Å²) in [6.45, 7) is 1.59. The number of amides is 3. The number of benzene rings is 2. The molecule has 1 heterocycles. The predicted octanol–water partition coefficient (Wildman–Crippen LogP) is 2.06. The Kier molecular flexibility index (Phi) is 8.33. The summed E-state index contributed by atoms with van der Waals surface area (Å²) < 4.78 is 25.6. The quantitative estimate of drug-likeness (QED) is 0.399. The first-order valence-corrected chi connectivity index (χ1v) is 12.8. The second-order valence-corrected chi connectivity index (χ2v) is 10.7. The van der Waals surface area contributed by atoms with Gasteiger partial charge < -0.3 is 16.0 Å². The van der Waals surface area contributed by atoms with Crippen LogP contribution in [-0.4, -0.2) is 56.1 Å². The minimum atomic E-state index is -3.68. The van der Waals surface area contributed by atoms with Crippen molar-refractivity contribution in [2.24, 2.45) is 0 Å². The van der Waals surface area contributed by atoms with Gasteiger partial charge in [-0.2, -0.15) is 0 Å². The third-order valence-electron chi connectivity index (χ3n) is 4.83. The number of carbonyl (C=O) groups is 3. The number of anilines is 1. The SMILES string of the molecule is CC(=O)NCc1ccc(-c2csc(NC(=O)CNC(=O)c3cccc(S(=O)(=O)N(C)C)c3)n2)cc1. The molecule has 0 aliphatic carbocycles. The van der Waals surface area contributed by atoms with E-state index in [0.29, 0.717) is 17.4 Å². The van der Waals surface area contributed by atoms with Crippen LogP contribution in [0.2, 0.25) is 0 Å². The summed E-state index contributed by atoms with van der Waals surface area (Å²) in [5.41, 5.74) is 2.61. The lowest BCUT2D eigenvalue weighted by Crippen LogP contribution is -2.33. The Morgan fingerprint density at radius 1 is 1.03 bits per heavy atom. The smallest absolute Gasteiger partial charge is 0.251 e. The fourth-order valence-electron chi connectivity index (χ4n) is 2.92. The van der Waals surface area contributed by atoms with Gasteiger partial charge in [0.2, 0.25) is 21.8 Å². The number of sulfonamides is 1. The number of nitrogens with zero attached hydrogens (tertiary/aromatic N) is 2. The second-order valence-electron chi connectivity index (χ2n) is 7.69. The number of thiazole rings is 1. The van der Waals surface area contributed by atoms with Crippen molar-refractivity contribution < 1.29 is 22.8 Å². The van der Waals surface area contributed by atoms with Gasteiger partial charge in [0, 0.05) is 44.1 Å². The van der Waals surface area contributed by atoms with Gasteiger partial charge in [-0.05, 0) is 23.8 Å². The summed E-state index contributed by atoms with van der Waals surface area (Å²) in [6, 6.07) is 13.1. The van der Waals surface area contributed by atoms with E-state index in [4.69, 9.17) is 0 Å². The van der Waals surface area contributed by atoms with Crippen molar-refractivity contribution in [1.82, 2.24) is 19.9 Å². The number of hydrogen-bond acceptors (Lipinski definition) is 7. The lowest BCUT2D eigenvalue weighted by atomic mass is 10.1. The highest BCUT2D eigenvalue weighted by molar-refractivity contribution is 7.89. The van der Waals surface area contributed by atoms with E-state index in [0.717, 1.165) is 15.4 Å². The molecule has 35 heavy (non-hydrogen) atoms. The molecule has 0 saturated carbocycles. The van der Waals surface area contributed by atoms with Crippen molar-refractivity contribution >= 4 is 44.2 Å². The number of aromatic nitrogens is 1. The molecule has 3 rings (SSSR count). The molecule has 0 saturated heterocycles. The first kappa shape index (κ1) is 26.0. The van der Waals surface area contributed by atoms with Crippen LogP contribution in [0.25, 0.3) is 11.3 Å². The predicted molar refractivity (Wildman–Crippen MR) is 133 cm³/mol. The molecule has 3 N–H and O–H groups in total. The van der Waals surface area contributed by atoms with Crippen molar-refractivity contribution in [1.29, 1.82) is 0 Å². The Labute approximate surface area is 207 Å². The summed E-state index contributed by atoms with van der Waals surface area (Å²) in [7, 11) is -0.879. The lowest BCUT2D eigenvalue weighted by molar-refractivity contribution is -0.119. The van der Waals surface area contributed by atoms with Crippen LogP contribution in [0.5, 0.6) is 0 Å². The Morgan fingerprint density at radius 3 is 2.40 bits per heavy atom. The molecule has 184 valence electrons. The average molecular weight is 516 g/mol. The molecule has 0 aliphatic rings. The van der Waals surface area contributed by atoms with E-state index in [1.165, 1.54) is 56.6 Å². The normalized spacial score (nSPS) is 11.2. The molecule has 0 atom stereocenters. The number of rotatable bonds is 9. The molecule has 3 aromatic rings. The Balaban J connectivity index is 1.56. The Bertz CT molecular complexity index is 1330. The van der Waals surface area contributed by atoms with Gasteiger partial charge in [0.25, 0.3) is 5.91 Å². The van der Waals surface area contributed by atoms with Gasteiger partial charge in [0.05, 0.1) is 17.1 Å². The molecule has 10 nitrogen and oxygen atoms in total. The van der Waals surface area contributed by atoms with Crippen molar-refractivity contribution in [3.8, 4) is 11.3 Å². The highest BCUT2D eigenvalue weighted by Crippen LogP contribution is 2.25. The maximum absolute atomic E-state index is 12.4.